The molecule has 0 aliphatic rings. The van der Waals surface area contributed by atoms with Gasteiger partial charge in [-0.15, -0.1) is 0 Å². The van der Waals surface area contributed by atoms with E-state index >= 15 is 0 Å². The summed E-state index contributed by atoms with van der Waals surface area (Å²) in [7, 11) is 0. The van der Waals surface area contributed by atoms with Gasteiger partial charge in [0.25, 0.3) is 0 Å². The van der Waals surface area contributed by atoms with Crippen LogP contribution in [0.1, 0.15) is 5.56 Å². The van der Waals surface area contributed by atoms with Crippen LogP contribution in [0.15, 0.2) is 57.7 Å². The van der Waals surface area contributed by atoms with E-state index in [0.29, 0.717) is 0 Å². The topological polar surface area (TPSA) is 29.3 Å². The number of nitrogens with one attached hydrogen (secondary N) is 1. The lowest BCUT2D eigenvalue weighted by atomic mass is 10.2. The monoisotopic (exact) mass is 379 g/mol. The number of pyridine rings is 1. The fourth-order valence-corrected chi connectivity index (χ4v) is 3.13. The number of halogens is 2. The highest BCUT2D eigenvalue weighted by Gasteiger charge is 2.04. The summed E-state index contributed by atoms with van der Waals surface area (Å²) >= 11 is 7.00. The molecule has 2 heterocycles. The molecule has 5 heteroatoms. The van der Waals surface area contributed by atoms with E-state index in [2.05, 4.69) is 48.3 Å². The van der Waals surface area contributed by atoms with Gasteiger partial charge >= 0.3 is 0 Å². The summed E-state index contributed by atoms with van der Waals surface area (Å²) in [5, 5.41) is 7.74. The first-order valence-electron chi connectivity index (χ1n) is 5.84. The van der Waals surface area contributed by atoms with Crippen molar-refractivity contribution in [1.82, 2.24) is 9.61 Å². The Labute approximate surface area is 127 Å². The van der Waals surface area contributed by atoms with Gasteiger partial charge in [-0.05, 0) is 46.3 Å². The van der Waals surface area contributed by atoms with Crippen molar-refractivity contribution in [1.29, 1.82) is 0 Å². The maximum atomic E-state index is 4.32. The zero-order chi connectivity index (χ0) is 13.2. The molecule has 0 aliphatic heterocycles. The van der Waals surface area contributed by atoms with Crippen molar-refractivity contribution < 1.29 is 0 Å². The summed E-state index contributed by atoms with van der Waals surface area (Å²) in [4.78, 5) is 0. The summed E-state index contributed by atoms with van der Waals surface area (Å²) in [6, 6.07) is 12.2. The van der Waals surface area contributed by atoms with Crippen LogP contribution in [0.25, 0.3) is 5.52 Å². The molecule has 3 nitrogen and oxygen atoms in total. The Hall–Kier alpha value is -1.33. The molecule has 1 aromatic carbocycles. The van der Waals surface area contributed by atoms with E-state index in [4.69, 9.17) is 0 Å². The zero-order valence-corrected chi connectivity index (χ0v) is 13.1. The molecule has 0 radical (unpaired) electrons. The minimum atomic E-state index is 0.744. The minimum Gasteiger partial charge on any atom is -0.380 e. The first kappa shape index (κ1) is 12.7. The molecule has 1 N–H and O–H groups in total. The molecule has 3 rings (SSSR count). The lowest BCUT2D eigenvalue weighted by Crippen LogP contribution is -1.99. The minimum absolute atomic E-state index is 0.744. The summed E-state index contributed by atoms with van der Waals surface area (Å²) in [6.45, 7) is 0.744. The van der Waals surface area contributed by atoms with Crippen LogP contribution in [-0.2, 0) is 6.54 Å². The third-order valence-electron chi connectivity index (χ3n) is 2.91. The largest absolute Gasteiger partial charge is 0.380 e. The molecule has 0 atom stereocenters. The highest BCUT2D eigenvalue weighted by atomic mass is 79.9. The Kier molecular flexibility index (Phi) is 3.57. The average Bonchev–Trinajstić information content (AvgIpc) is 2.81. The lowest BCUT2D eigenvalue weighted by Gasteiger charge is -2.08. The molecule has 2 aromatic heterocycles. The second-order valence-electron chi connectivity index (χ2n) is 4.18. The number of nitrogens with zero attached hydrogens (tertiary/aromatic N) is 2. The van der Waals surface area contributed by atoms with Crippen LogP contribution in [-0.4, -0.2) is 9.61 Å². The summed E-state index contributed by atoms with van der Waals surface area (Å²) in [6.07, 6.45) is 3.85. The molecular formula is C14H11Br2N3. The average molecular weight is 381 g/mol. The van der Waals surface area contributed by atoms with Crippen LogP contribution in [0.5, 0.6) is 0 Å². The number of fused-ring (bicyclic) bond motifs is 1. The quantitative estimate of drug-likeness (QED) is 0.726. The maximum Gasteiger partial charge on any atom is 0.0711 e. The predicted molar refractivity (Wildman–Crippen MR) is 84.4 cm³/mol. The molecule has 0 aliphatic carbocycles. The third-order valence-corrected chi connectivity index (χ3v) is 4.06. The van der Waals surface area contributed by atoms with E-state index in [9.17, 15) is 0 Å². The Balaban J connectivity index is 1.82. The number of hydrogen-bond acceptors (Lipinski definition) is 2. The fourth-order valence-electron chi connectivity index (χ4n) is 1.95. The molecule has 0 saturated heterocycles. The van der Waals surface area contributed by atoms with E-state index in [1.807, 2.05) is 47.2 Å². The van der Waals surface area contributed by atoms with Gasteiger partial charge < -0.3 is 5.32 Å². The smallest absolute Gasteiger partial charge is 0.0711 e. The first-order chi connectivity index (χ1) is 9.24. The molecule has 96 valence electrons. The van der Waals surface area contributed by atoms with Crippen molar-refractivity contribution in [3.63, 3.8) is 0 Å². The van der Waals surface area contributed by atoms with E-state index in [0.717, 1.165) is 26.7 Å². The number of anilines is 1. The number of aromatic nitrogens is 2. The first-order valence-corrected chi connectivity index (χ1v) is 7.43. The van der Waals surface area contributed by atoms with Crippen molar-refractivity contribution in [2.24, 2.45) is 0 Å². The van der Waals surface area contributed by atoms with Gasteiger partial charge in [0.1, 0.15) is 0 Å². The summed E-state index contributed by atoms with van der Waals surface area (Å²) in [5.74, 6) is 0. The predicted octanol–water partition coefficient (Wildman–Crippen LogP) is 4.47. The van der Waals surface area contributed by atoms with Gasteiger partial charge in [-0.1, -0.05) is 22.0 Å². The standard InChI is InChI=1S/C14H11Br2N3/c15-11-4-5-13(12(16)7-11)17-8-10-9-18-19-6-2-1-3-14(10)19/h1-7,9,17H,8H2. The van der Waals surface area contributed by atoms with Crippen molar-refractivity contribution in [2.75, 3.05) is 5.32 Å². The second-order valence-corrected chi connectivity index (χ2v) is 5.95. The molecular weight excluding hydrogens is 370 g/mol. The fraction of sp³-hybridized carbons (Fsp3) is 0.0714. The van der Waals surface area contributed by atoms with Crippen LogP contribution >= 0.6 is 31.9 Å². The van der Waals surface area contributed by atoms with Gasteiger partial charge in [0.05, 0.1) is 11.7 Å². The summed E-state index contributed by atoms with van der Waals surface area (Å²) < 4.78 is 3.98. The third kappa shape index (κ3) is 2.67. The van der Waals surface area contributed by atoms with Gasteiger partial charge in [0.15, 0.2) is 0 Å². The highest BCUT2D eigenvalue weighted by molar-refractivity contribution is 9.11. The number of benzene rings is 1. The lowest BCUT2D eigenvalue weighted by molar-refractivity contribution is 0.961. The Morgan fingerprint density at radius 3 is 2.89 bits per heavy atom. The molecule has 19 heavy (non-hydrogen) atoms. The number of hydrogen-bond donors (Lipinski definition) is 1. The van der Waals surface area contributed by atoms with Crippen molar-refractivity contribution in [2.45, 2.75) is 6.54 Å². The van der Waals surface area contributed by atoms with Gasteiger partial charge in [-0.25, -0.2) is 4.52 Å². The molecule has 0 fully saturated rings. The Bertz CT molecular complexity index is 722. The second kappa shape index (κ2) is 5.35. The normalized spacial score (nSPS) is 10.8. The van der Waals surface area contributed by atoms with E-state index in [1.54, 1.807) is 0 Å². The van der Waals surface area contributed by atoms with Crippen molar-refractivity contribution in [3.05, 3.63) is 63.3 Å². The molecule has 0 bridgehead atoms. The van der Waals surface area contributed by atoms with Gasteiger partial charge in [0.2, 0.25) is 0 Å². The molecule has 0 saturated carbocycles. The van der Waals surface area contributed by atoms with Gasteiger partial charge in [0, 0.05) is 32.9 Å². The van der Waals surface area contributed by atoms with E-state index in [-0.39, 0.29) is 0 Å². The SMILES string of the molecule is Brc1ccc(NCc2cnn3ccccc23)c(Br)c1. The van der Waals surface area contributed by atoms with E-state index in [1.165, 1.54) is 5.56 Å². The molecule has 0 spiro atoms. The van der Waals surface area contributed by atoms with Crippen LogP contribution in [0.4, 0.5) is 5.69 Å². The zero-order valence-electron chi connectivity index (χ0n) is 9.98. The molecule has 3 aromatic rings. The van der Waals surface area contributed by atoms with Crippen molar-refractivity contribution >= 4 is 43.1 Å². The van der Waals surface area contributed by atoms with Crippen LogP contribution < -0.4 is 5.32 Å². The van der Waals surface area contributed by atoms with E-state index < -0.39 is 0 Å². The highest BCUT2D eigenvalue weighted by Crippen LogP contribution is 2.26. The van der Waals surface area contributed by atoms with Gasteiger partial charge in [-0.2, -0.15) is 5.10 Å². The van der Waals surface area contributed by atoms with Crippen LogP contribution in [0.3, 0.4) is 0 Å². The Morgan fingerprint density at radius 2 is 2.05 bits per heavy atom. The van der Waals surface area contributed by atoms with Crippen LogP contribution in [0, 0.1) is 0 Å². The molecule has 0 amide bonds. The maximum absolute atomic E-state index is 4.32. The van der Waals surface area contributed by atoms with Gasteiger partial charge in [-0.3, -0.25) is 0 Å². The van der Waals surface area contributed by atoms with Crippen molar-refractivity contribution in [3.8, 4) is 0 Å². The summed E-state index contributed by atoms with van der Waals surface area (Å²) in [5.41, 5.74) is 3.37. The number of rotatable bonds is 3. The Morgan fingerprint density at radius 1 is 1.16 bits per heavy atom. The molecule has 0 unspecified atom stereocenters. The van der Waals surface area contributed by atoms with Crippen LogP contribution in [0.2, 0.25) is 0 Å².